The summed E-state index contributed by atoms with van der Waals surface area (Å²) in [6.45, 7) is 9.42. The van der Waals surface area contributed by atoms with Gasteiger partial charge in [-0.1, -0.05) is 43.4 Å². The highest BCUT2D eigenvalue weighted by Gasteiger charge is 2.19. The fourth-order valence-electron chi connectivity index (χ4n) is 3.46. The van der Waals surface area contributed by atoms with E-state index in [0.717, 1.165) is 22.3 Å². The number of hydrogen-bond acceptors (Lipinski definition) is 4. The third-order valence-electron chi connectivity index (χ3n) is 5.54. The lowest BCUT2D eigenvalue weighted by atomic mass is 9.93. The minimum Gasteiger partial charge on any atom is -0.481 e. The van der Waals surface area contributed by atoms with Crippen LogP contribution in [0.3, 0.4) is 0 Å². The maximum Gasteiger partial charge on any atom is 0.306 e. The van der Waals surface area contributed by atoms with Gasteiger partial charge in [0.05, 0.1) is 19.1 Å². The van der Waals surface area contributed by atoms with Crippen molar-refractivity contribution in [3.05, 3.63) is 83.4 Å². The number of pyridine rings is 1. The minimum atomic E-state index is -0.856. The number of aliphatic carboxylic acids is 1. The molecule has 0 radical (unpaired) electrons. The lowest BCUT2D eigenvalue weighted by Gasteiger charge is -2.20. The van der Waals surface area contributed by atoms with Crippen molar-refractivity contribution in [3.8, 4) is 17.0 Å². The number of benzene rings is 1. The molecule has 0 saturated heterocycles. The molecule has 5 nitrogen and oxygen atoms in total. The number of allylic oxidation sites excluding steroid dienone is 4. The van der Waals surface area contributed by atoms with Crippen molar-refractivity contribution in [2.45, 2.75) is 39.7 Å². The van der Waals surface area contributed by atoms with Crippen LogP contribution >= 0.6 is 0 Å². The minimum absolute atomic E-state index is 0.365. The number of rotatable bonds is 11. The van der Waals surface area contributed by atoms with E-state index in [1.807, 2.05) is 26.0 Å². The maximum absolute atomic E-state index is 15.2. The molecule has 2 unspecified atom stereocenters. The number of ether oxygens (including phenoxy) is 2. The zero-order valence-corrected chi connectivity index (χ0v) is 19.9. The molecule has 2 rings (SSSR count). The van der Waals surface area contributed by atoms with Gasteiger partial charge in [-0.05, 0) is 54.7 Å². The van der Waals surface area contributed by atoms with E-state index in [2.05, 4.69) is 11.6 Å². The highest BCUT2D eigenvalue weighted by Crippen LogP contribution is 2.32. The van der Waals surface area contributed by atoms with Crippen LogP contribution in [-0.2, 0) is 9.53 Å². The highest BCUT2D eigenvalue weighted by molar-refractivity contribution is 5.70. The molecule has 2 aromatic rings. The third kappa shape index (κ3) is 7.12. The Labute approximate surface area is 195 Å². The molecule has 0 aliphatic heterocycles. The molecule has 0 saturated carbocycles. The molecule has 0 aliphatic carbocycles. The first kappa shape index (κ1) is 26.0. The summed E-state index contributed by atoms with van der Waals surface area (Å²) in [4.78, 5) is 15.3. The summed E-state index contributed by atoms with van der Waals surface area (Å²) >= 11 is 0. The Bertz CT molecular complexity index is 1050. The van der Waals surface area contributed by atoms with Gasteiger partial charge in [-0.2, -0.15) is 0 Å². The molecule has 0 aliphatic rings. The quantitative estimate of drug-likeness (QED) is 0.392. The van der Waals surface area contributed by atoms with E-state index >= 15 is 4.39 Å². The Balaban J connectivity index is 2.32. The van der Waals surface area contributed by atoms with E-state index in [1.165, 1.54) is 13.2 Å². The number of carboxylic acids is 1. The van der Waals surface area contributed by atoms with Crippen LogP contribution in [0.1, 0.15) is 45.3 Å². The predicted octanol–water partition coefficient (Wildman–Crippen LogP) is 6.53. The summed E-state index contributed by atoms with van der Waals surface area (Å²) < 4.78 is 26.0. The first-order valence-corrected chi connectivity index (χ1v) is 10.7. The molecule has 0 amide bonds. The van der Waals surface area contributed by atoms with Gasteiger partial charge in [0.1, 0.15) is 5.82 Å². The van der Waals surface area contributed by atoms with Crippen LogP contribution in [-0.4, -0.2) is 30.3 Å². The van der Waals surface area contributed by atoms with Gasteiger partial charge in [-0.25, -0.2) is 9.37 Å². The number of aromatic nitrogens is 1. The molecule has 33 heavy (non-hydrogen) atoms. The van der Waals surface area contributed by atoms with Gasteiger partial charge in [-0.3, -0.25) is 4.79 Å². The average Bonchev–Trinajstić information content (AvgIpc) is 2.80. The van der Waals surface area contributed by atoms with Crippen LogP contribution in [0.25, 0.3) is 11.1 Å². The average molecular weight is 454 g/mol. The van der Waals surface area contributed by atoms with E-state index in [1.54, 1.807) is 44.5 Å². The summed E-state index contributed by atoms with van der Waals surface area (Å²) in [6, 6.07) is 8.62. The van der Waals surface area contributed by atoms with Crippen molar-refractivity contribution in [2.75, 3.05) is 14.2 Å². The maximum atomic E-state index is 15.2. The third-order valence-corrected chi connectivity index (χ3v) is 5.54. The molecule has 0 spiro atoms. The fraction of sp³-hybridized carbons (Fsp3) is 0.333. The Hall–Kier alpha value is -3.25. The van der Waals surface area contributed by atoms with Gasteiger partial charge in [0.2, 0.25) is 5.88 Å². The summed E-state index contributed by atoms with van der Waals surface area (Å²) in [5.74, 6) is -1.29. The molecule has 0 fully saturated rings. The van der Waals surface area contributed by atoms with Gasteiger partial charge in [0, 0.05) is 31.4 Å². The van der Waals surface area contributed by atoms with Gasteiger partial charge >= 0.3 is 5.97 Å². The summed E-state index contributed by atoms with van der Waals surface area (Å²) in [7, 11) is 3.09. The van der Waals surface area contributed by atoms with Crippen molar-refractivity contribution in [2.24, 2.45) is 5.92 Å². The van der Waals surface area contributed by atoms with Gasteiger partial charge in [-0.15, -0.1) is 0 Å². The Morgan fingerprint density at radius 1 is 1.18 bits per heavy atom. The standard InChI is InChI=1S/C27H32FNO4/c1-7-19(12-18(4)27(30)31)13-22(17(2)3)15-25(32-5)23-9-8-20(14-24(23)28)21-10-11-29-26(16-21)33-6/h7-11,13-14,16,18,25H,1,12,15H2,2-6H3,(H,30,31)/b19-13+. The Kier molecular flexibility index (Phi) is 9.55. The normalized spacial score (nSPS) is 13.2. The van der Waals surface area contributed by atoms with Crippen LogP contribution in [0.2, 0.25) is 0 Å². The molecular formula is C27H32FNO4. The summed E-state index contributed by atoms with van der Waals surface area (Å²) in [5.41, 5.74) is 4.78. The zero-order chi connectivity index (χ0) is 24.5. The molecule has 6 heteroatoms. The number of nitrogens with zero attached hydrogens (tertiary/aromatic N) is 1. The van der Waals surface area contributed by atoms with Crippen molar-refractivity contribution < 1.29 is 23.8 Å². The Morgan fingerprint density at radius 3 is 2.42 bits per heavy atom. The molecule has 0 bridgehead atoms. The molecule has 1 N–H and O–H groups in total. The molecule has 176 valence electrons. The van der Waals surface area contributed by atoms with E-state index in [4.69, 9.17) is 9.47 Å². The van der Waals surface area contributed by atoms with Crippen LogP contribution in [0, 0.1) is 11.7 Å². The lowest BCUT2D eigenvalue weighted by molar-refractivity contribution is -0.141. The molecule has 2 atom stereocenters. The van der Waals surface area contributed by atoms with E-state index < -0.39 is 18.0 Å². The summed E-state index contributed by atoms with van der Waals surface area (Å²) in [6.07, 6.45) is 5.53. The van der Waals surface area contributed by atoms with E-state index in [-0.39, 0.29) is 5.82 Å². The van der Waals surface area contributed by atoms with Gasteiger partial charge in [0.25, 0.3) is 0 Å². The largest absolute Gasteiger partial charge is 0.481 e. The molecular weight excluding hydrogens is 421 g/mol. The monoisotopic (exact) mass is 453 g/mol. The molecule has 1 aromatic heterocycles. The molecule has 1 aromatic carbocycles. The lowest BCUT2D eigenvalue weighted by Crippen LogP contribution is -2.10. The van der Waals surface area contributed by atoms with E-state index in [9.17, 15) is 9.90 Å². The SMILES string of the molecule is C=C/C(=C\C(CC(OC)c1ccc(-c2ccnc(OC)c2)cc1F)=C(C)C)CC(C)C(=O)O. The van der Waals surface area contributed by atoms with Crippen LogP contribution in [0.15, 0.2) is 72.0 Å². The highest BCUT2D eigenvalue weighted by atomic mass is 19.1. The van der Waals surface area contributed by atoms with Crippen LogP contribution < -0.4 is 4.74 Å². The van der Waals surface area contributed by atoms with Gasteiger partial charge in [0.15, 0.2) is 0 Å². The molecule has 1 heterocycles. The first-order chi connectivity index (χ1) is 15.7. The second-order valence-electron chi connectivity index (χ2n) is 8.14. The van der Waals surface area contributed by atoms with E-state index in [0.29, 0.717) is 29.8 Å². The number of carbonyl (C=O) groups is 1. The van der Waals surface area contributed by atoms with Crippen LogP contribution in [0.5, 0.6) is 5.88 Å². The fourth-order valence-corrected chi connectivity index (χ4v) is 3.46. The van der Waals surface area contributed by atoms with Crippen molar-refractivity contribution in [3.63, 3.8) is 0 Å². The Morgan fingerprint density at radius 2 is 1.88 bits per heavy atom. The first-order valence-electron chi connectivity index (χ1n) is 10.7. The summed E-state index contributed by atoms with van der Waals surface area (Å²) in [5, 5.41) is 9.22. The number of halogens is 1. The predicted molar refractivity (Wildman–Crippen MR) is 129 cm³/mol. The smallest absolute Gasteiger partial charge is 0.306 e. The number of carboxylic acid groups (broad SMARTS) is 1. The van der Waals surface area contributed by atoms with Crippen molar-refractivity contribution in [1.82, 2.24) is 4.98 Å². The van der Waals surface area contributed by atoms with Crippen molar-refractivity contribution >= 4 is 5.97 Å². The topological polar surface area (TPSA) is 68.7 Å². The second-order valence-corrected chi connectivity index (χ2v) is 8.14. The number of hydrogen-bond donors (Lipinski definition) is 1. The second kappa shape index (κ2) is 12.1. The van der Waals surface area contributed by atoms with Gasteiger partial charge < -0.3 is 14.6 Å². The zero-order valence-electron chi connectivity index (χ0n) is 19.9. The number of methoxy groups -OCH3 is 2. The van der Waals surface area contributed by atoms with Crippen molar-refractivity contribution in [1.29, 1.82) is 0 Å². The van der Waals surface area contributed by atoms with Crippen LogP contribution in [0.4, 0.5) is 4.39 Å².